The van der Waals surface area contributed by atoms with Crippen molar-refractivity contribution >= 4 is 5.69 Å². The molecule has 1 unspecified atom stereocenters. The number of benzene rings is 2. The Bertz CT molecular complexity index is 553. The number of hydrogen-bond acceptors (Lipinski definition) is 3. The van der Waals surface area contributed by atoms with Crippen LogP contribution in [0.3, 0.4) is 0 Å². The quantitative estimate of drug-likeness (QED) is 0.897. The van der Waals surface area contributed by atoms with Gasteiger partial charge >= 0.3 is 0 Å². The van der Waals surface area contributed by atoms with E-state index in [0.29, 0.717) is 6.04 Å². The maximum absolute atomic E-state index is 5.79. The molecule has 0 aromatic heterocycles. The fourth-order valence-corrected chi connectivity index (χ4v) is 2.74. The van der Waals surface area contributed by atoms with E-state index < -0.39 is 0 Å². The molecule has 1 aliphatic rings. The van der Waals surface area contributed by atoms with E-state index in [9.17, 15) is 0 Å². The smallest absolute Gasteiger partial charge is 0.127 e. The number of likely N-dealkylation sites (tertiary alicyclic amines) is 1. The molecule has 0 aliphatic carbocycles. The lowest BCUT2D eigenvalue weighted by atomic mass is 10.2. The SMILES string of the molecule is CN1CCCC1CNc1ccc(Oc2ccccc2)cc1. The van der Waals surface area contributed by atoms with Crippen molar-refractivity contribution in [1.82, 2.24) is 4.90 Å². The van der Waals surface area contributed by atoms with Gasteiger partial charge in [0.2, 0.25) is 0 Å². The van der Waals surface area contributed by atoms with Gasteiger partial charge in [0.15, 0.2) is 0 Å². The Morgan fingerprint density at radius 3 is 2.43 bits per heavy atom. The summed E-state index contributed by atoms with van der Waals surface area (Å²) in [7, 11) is 2.20. The molecule has 0 radical (unpaired) electrons. The third-order valence-corrected chi connectivity index (χ3v) is 4.05. The summed E-state index contributed by atoms with van der Waals surface area (Å²) >= 11 is 0. The van der Waals surface area contributed by atoms with Gasteiger partial charge in [0.25, 0.3) is 0 Å². The van der Waals surface area contributed by atoms with Crippen molar-refractivity contribution in [2.45, 2.75) is 18.9 Å². The van der Waals surface area contributed by atoms with Crippen molar-refractivity contribution in [1.29, 1.82) is 0 Å². The van der Waals surface area contributed by atoms with Gasteiger partial charge in [-0.3, -0.25) is 0 Å². The second-order valence-corrected chi connectivity index (χ2v) is 5.60. The van der Waals surface area contributed by atoms with Crippen molar-refractivity contribution in [2.24, 2.45) is 0 Å². The Kier molecular flexibility index (Phi) is 4.41. The summed E-state index contributed by atoms with van der Waals surface area (Å²) in [6.07, 6.45) is 2.60. The summed E-state index contributed by atoms with van der Waals surface area (Å²) in [4.78, 5) is 2.43. The first-order chi connectivity index (χ1) is 10.3. The predicted molar refractivity (Wildman–Crippen MR) is 87.1 cm³/mol. The molecule has 0 spiro atoms. The second kappa shape index (κ2) is 6.64. The summed E-state index contributed by atoms with van der Waals surface area (Å²) in [5, 5.41) is 3.51. The lowest BCUT2D eigenvalue weighted by Gasteiger charge is -2.20. The molecule has 1 saturated heterocycles. The molecule has 2 aromatic carbocycles. The number of ether oxygens (including phenoxy) is 1. The van der Waals surface area contributed by atoms with Crippen LogP contribution in [-0.2, 0) is 0 Å². The summed E-state index contributed by atoms with van der Waals surface area (Å²) in [5.41, 5.74) is 1.15. The summed E-state index contributed by atoms with van der Waals surface area (Å²) in [6, 6.07) is 18.7. The van der Waals surface area contributed by atoms with Gasteiger partial charge in [0.1, 0.15) is 11.5 Å². The van der Waals surface area contributed by atoms with E-state index in [4.69, 9.17) is 4.74 Å². The highest BCUT2D eigenvalue weighted by molar-refractivity contribution is 5.47. The van der Waals surface area contributed by atoms with Gasteiger partial charge in [0, 0.05) is 18.3 Å². The zero-order chi connectivity index (χ0) is 14.5. The molecule has 2 aromatic rings. The molecule has 1 fully saturated rings. The Labute approximate surface area is 126 Å². The van der Waals surface area contributed by atoms with Crippen LogP contribution in [0.2, 0.25) is 0 Å². The van der Waals surface area contributed by atoms with Crippen molar-refractivity contribution < 1.29 is 4.74 Å². The van der Waals surface area contributed by atoms with Crippen LogP contribution in [0.15, 0.2) is 54.6 Å². The molecule has 1 N–H and O–H groups in total. The summed E-state index contributed by atoms with van der Waals surface area (Å²) in [5.74, 6) is 1.73. The molecular formula is C18H22N2O. The topological polar surface area (TPSA) is 24.5 Å². The number of nitrogens with zero attached hydrogens (tertiary/aromatic N) is 1. The molecular weight excluding hydrogens is 260 g/mol. The van der Waals surface area contributed by atoms with E-state index in [2.05, 4.69) is 29.4 Å². The van der Waals surface area contributed by atoms with Gasteiger partial charge in [-0.15, -0.1) is 0 Å². The van der Waals surface area contributed by atoms with E-state index in [0.717, 1.165) is 23.7 Å². The van der Waals surface area contributed by atoms with Crippen LogP contribution in [0.4, 0.5) is 5.69 Å². The van der Waals surface area contributed by atoms with Crippen molar-refractivity contribution in [2.75, 3.05) is 25.5 Å². The number of para-hydroxylation sites is 1. The van der Waals surface area contributed by atoms with Crippen molar-refractivity contribution in [3.8, 4) is 11.5 Å². The van der Waals surface area contributed by atoms with Gasteiger partial charge in [-0.25, -0.2) is 0 Å². The zero-order valence-electron chi connectivity index (χ0n) is 12.5. The average molecular weight is 282 g/mol. The summed E-state index contributed by atoms with van der Waals surface area (Å²) in [6.45, 7) is 2.23. The minimum atomic E-state index is 0.658. The van der Waals surface area contributed by atoms with E-state index in [1.165, 1.54) is 19.4 Å². The van der Waals surface area contributed by atoms with Crippen LogP contribution >= 0.6 is 0 Å². The van der Waals surface area contributed by atoms with E-state index in [1.54, 1.807) is 0 Å². The number of nitrogens with one attached hydrogen (secondary N) is 1. The molecule has 0 bridgehead atoms. The van der Waals surface area contributed by atoms with Crippen LogP contribution in [-0.4, -0.2) is 31.1 Å². The highest BCUT2D eigenvalue weighted by Crippen LogP contribution is 2.23. The standard InChI is InChI=1S/C18H22N2O/c1-20-13-5-6-16(20)14-19-15-9-11-18(12-10-15)21-17-7-3-2-4-8-17/h2-4,7-12,16,19H,5-6,13-14H2,1H3. The summed E-state index contributed by atoms with van der Waals surface area (Å²) < 4.78 is 5.79. The zero-order valence-corrected chi connectivity index (χ0v) is 12.5. The van der Waals surface area contributed by atoms with Crippen molar-refractivity contribution in [3.63, 3.8) is 0 Å². The molecule has 1 heterocycles. The lowest BCUT2D eigenvalue weighted by molar-refractivity contribution is 0.322. The van der Waals surface area contributed by atoms with Gasteiger partial charge in [-0.1, -0.05) is 18.2 Å². The fourth-order valence-electron chi connectivity index (χ4n) is 2.74. The highest BCUT2D eigenvalue weighted by atomic mass is 16.5. The molecule has 3 rings (SSSR count). The van der Waals surface area contributed by atoms with Crippen LogP contribution < -0.4 is 10.1 Å². The number of anilines is 1. The highest BCUT2D eigenvalue weighted by Gasteiger charge is 2.19. The average Bonchev–Trinajstić information content (AvgIpc) is 2.93. The molecule has 0 saturated carbocycles. The first-order valence-corrected chi connectivity index (χ1v) is 7.58. The van der Waals surface area contributed by atoms with E-state index in [1.807, 2.05) is 42.5 Å². The van der Waals surface area contributed by atoms with Gasteiger partial charge in [-0.2, -0.15) is 0 Å². The van der Waals surface area contributed by atoms with E-state index in [-0.39, 0.29) is 0 Å². The normalized spacial score (nSPS) is 18.6. The van der Waals surface area contributed by atoms with Crippen LogP contribution in [0.5, 0.6) is 11.5 Å². The van der Waals surface area contributed by atoms with Gasteiger partial charge in [-0.05, 0) is 62.8 Å². The molecule has 1 aliphatic heterocycles. The lowest BCUT2D eigenvalue weighted by Crippen LogP contribution is -2.31. The maximum Gasteiger partial charge on any atom is 0.127 e. The minimum absolute atomic E-state index is 0.658. The van der Waals surface area contributed by atoms with Gasteiger partial charge < -0.3 is 15.0 Å². The Hall–Kier alpha value is -2.00. The second-order valence-electron chi connectivity index (χ2n) is 5.60. The Morgan fingerprint density at radius 2 is 1.76 bits per heavy atom. The Morgan fingerprint density at radius 1 is 1.05 bits per heavy atom. The molecule has 3 nitrogen and oxygen atoms in total. The number of hydrogen-bond donors (Lipinski definition) is 1. The van der Waals surface area contributed by atoms with Crippen LogP contribution in [0, 0.1) is 0 Å². The third kappa shape index (κ3) is 3.76. The van der Waals surface area contributed by atoms with Crippen LogP contribution in [0.25, 0.3) is 0 Å². The van der Waals surface area contributed by atoms with Crippen LogP contribution in [0.1, 0.15) is 12.8 Å². The number of rotatable bonds is 5. The fraction of sp³-hybridized carbons (Fsp3) is 0.333. The maximum atomic E-state index is 5.79. The minimum Gasteiger partial charge on any atom is -0.457 e. The Balaban J connectivity index is 1.54. The van der Waals surface area contributed by atoms with E-state index >= 15 is 0 Å². The molecule has 21 heavy (non-hydrogen) atoms. The predicted octanol–water partition coefficient (Wildman–Crippen LogP) is 3.99. The number of likely N-dealkylation sites (N-methyl/N-ethyl adjacent to an activating group) is 1. The third-order valence-electron chi connectivity index (χ3n) is 4.05. The monoisotopic (exact) mass is 282 g/mol. The largest absolute Gasteiger partial charge is 0.457 e. The van der Waals surface area contributed by atoms with Gasteiger partial charge in [0.05, 0.1) is 0 Å². The first kappa shape index (κ1) is 14.0. The first-order valence-electron chi connectivity index (χ1n) is 7.58. The molecule has 3 heteroatoms. The van der Waals surface area contributed by atoms with Crippen molar-refractivity contribution in [3.05, 3.63) is 54.6 Å². The molecule has 1 atom stereocenters. The molecule has 0 amide bonds. The molecule has 110 valence electrons.